The molecule has 0 saturated heterocycles. The molecule has 4 nitrogen and oxygen atoms in total. The number of rotatable bonds is 6. The van der Waals surface area contributed by atoms with Crippen LogP contribution >= 0.6 is 27.7 Å². The lowest BCUT2D eigenvalue weighted by atomic mass is 10.2. The maximum Gasteiger partial charge on any atom is 0.191 e. The first-order valence-corrected chi connectivity index (χ1v) is 9.80. The van der Waals surface area contributed by atoms with Gasteiger partial charge in [0.1, 0.15) is 5.75 Å². The van der Waals surface area contributed by atoms with E-state index < -0.39 is 0 Å². The van der Waals surface area contributed by atoms with Crippen molar-refractivity contribution in [2.75, 3.05) is 0 Å². The van der Waals surface area contributed by atoms with E-state index in [1.165, 1.54) is 11.1 Å². The topological polar surface area (TPSA) is 39.9 Å². The zero-order valence-electron chi connectivity index (χ0n) is 14.4. The second-order valence-electron chi connectivity index (χ2n) is 5.89. The van der Waals surface area contributed by atoms with Crippen LogP contribution < -0.4 is 4.74 Å². The molecule has 25 heavy (non-hydrogen) atoms. The van der Waals surface area contributed by atoms with Gasteiger partial charge in [-0.05, 0) is 43.7 Å². The first-order chi connectivity index (χ1) is 12.0. The fraction of sp³-hybridized carbons (Fsp3) is 0.263. The van der Waals surface area contributed by atoms with Gasteiger partial charge in [-0.25, -0.2) is 0 Å². The molecule has 1 atom stereocenters. The van der Waals surface area contributed by atoms with Gasteiger partial charge >= 0.3 is 0 Å². The van der Waals surface area contributed by atoms with Crippen molar-refractivity contribution in [3.63, 3.8) is 0 Å². The fourth-order valence-corrected chi connectivity index (χ4v) is 3.55. The summed E-state index contributed by atoms with van der Waals surface area (Å²) in [6.07, 6.45) is -0.174. The standard InChI is InChI=1S/C19H20BrN3OS/c1-13-4-6-15(7-5-13)12-25-19-22-21-18(23(19)3)14(2)24-17-10-8-16(20)9-11-17/h4-11,14H,12H2,1-3H3. The van der Waals surface area contributed by atoms with Gasteiger partial charge in [-0.1, -0.05) is 57.5 Å². The zero-order chi connectivity index (χ0) is 17.8. The number of aromatic nitrogens is 3. The molecule has 2 aromatic carbocycles. The van der Waals surface area contributed by atoms with E-state index in [0.29, 0.717) is 0 Å². The number of hydrogen-bond acceptors (Lipinski definition) is 4. The molecule has 1 unspecified atom stereocenters. The van der Waals surface area contributed by atoms with Gasteiger partial charge in [0, 0.05) is 17.3 Å². The molecule has 1 heterocycles. The largest absolute Gasteiger partial charge is 0.483 e. The maximum atomic E-state index is 5.97. The second kappa shape index (κ2) is 8.06. The van der Waals surface area contributed by atoms with E-state index in [9.17, 15) is 0 Å². The molecule has 1 aromatic heterocycles. The molecule has 3 aromatic rings. The van der Waals surface area contributed by atoms with E-state index in [2.05, 4.69) is 57.3 Å². The molecule has 0 spiro atoms. The number of thioether (sulfide) groups is 1. The Labute approximate surface area is 160 Å². The Morgan fingerprint density at radius 2 is 1.76 bits per heavy atom. The Morgan fingerprint density at radius 1 is 1.08 bits per heavy atom. The summed E-state index contributed by atoms with van der Waals surface area (Å²) in [5.74, 6) is 2.50. The molecule has 6 heteroatoms. The molecule has 3 rings (SSSR count). The van der Waals surface area contributed by atoms with Crippen molar-refractivity contribution >= 4 is 27.7 Å². The zero-order valence-corrected chi connectivity index (χ0v) is 16.8. The van der Waals surface area contributed by atoms with Gasteiger partial charge in [-0.15, -0.1) is 10.2 Å². The Balaban J connectivity index is 1.65. The maximum absolute atomic E-state index is 5.97. The normalized spacial score (nSPS) is 12.2. The lowest BCUT2D eigenvalue weighted by Gasteiger charge is -2.14. The number of aryl methyl sites for hydroxylation is 1. The molecular formula is C19H20BrN3OS. The van der Waals surface area contributed by atoms with Crippen LogP contribution in [0.25, 0.3) is 0 Å². The second-order valence-corrected chi connectivity index (χ2v) is 7.75. The number of nitrogens with zero attached hydrogens (tertiary/aromatic N) is 3. The van der Waals surface area contributed by atoms with Gasteiger partial charge in [0.25, 0.3) is 0 Å². The monoisotopic (exact) mass is 417 g/mol. The van der Waals surface area contributed by atoms with Crippen LogP contribution in [-0.2, 0) is 12.8 Å². The smallest absolute Gasteiger partial charge is 0.191 e. The third-order valence-electron chi connectivity index (χ3n) is 3.85. The van der Waals surface area contributed by atoms with Crippen LogP contribution in [0.15, 0.2) is 58.2 Å². The molecule has 0 N–H and O–H groups in total. The highest BCUT2D eigenvalue weighted by atomic mass is 79.9. The molecule has 0 amide bonds. The molecule has 0 radical (unpaired) electrons. The Kier molecular flexibility index (Phi) is 5.81. The van der Waals surface area contributed by atoms with Crippen molar-refractivity contribution in [1.29, 1.82) is 0 Å². The molecule has 0 aliphatic rings. The van der Waals surface area contributed by atoms with E-state index in [1.54, 1.807) is 11.8 Å². The number of ether oxygens (including phenoxy) is 1. The van der Waals surface area contributed by atoms with Crippen LogP contribution in [0.2, 0.25) is 0 Å². The van der Waals surface area contributed by atoms with Gasteiger partial charge in [0.15, 0.2) is 17.1 Å². The highest BCUT2D eigenvalue weighted by Crippen LogP contribution is 2.26. The minimum Gasteiger partial charge on any atom is -0.483 e. The Morgan fingerprint density at radius 3 is 2.44 bits per heavy atom. The molecule has 0 aliphatic carbocycles. The summed E-state index contributed by atoms with van der Waals surface area (Å²) < 4.78 is 9.00. The molecule has 0 fully saturated rings. The van der Waals surface area contributed by atoms with E-state index in [1.807, 2.05) is 42.8 Å². The van der Waals surface area contributed by atoms with Crippen LogP contribution in [0, 0.1) is 6.92 Å². The minimum atomic E-state index is -0.174. The van der Waals surface area contributed by atoms with E-state index in [-0.39, 0.29) is 6.10 Å². The molecule has 130 valence electrons. The average molecular weight is 418 g/mol. The average Bonchev–Trinajstić information content (AvgIpc) is 2.97. The summed E-state index contributed by atoms with van der Waals surface area (Å²) in [6.45, 7) is 4.08. The molecule has 0 bridgehead atoms. The molecular weight excluding hydrogens is 398 g/mol. The van der Waals surface area contributed by atoms with Crippen LogP contribution in [0.3, 0.4) is 0 Å². The van der Waals surface area contributed by atoms with Crippen molar-refractivity contribution in [1.82, 2.24) is 14.8 Å². The van der Waals surface area contributed by atoms with E-state index >= 15 is 0 Å². The SMILES string of the molecule is Cc1ccc(CSc2nnc(C(C)Oc3ccc(Br)cc3)n2C)cc1. The van der Waals surface area contributed by atoms with Gasteiger partial charge in [0.2, 0.25) is 0 Å². The highest BCUT2D eigenvalue weighted by molar-refractivity contribution is 9.10. The number of halogens is 1. The predicted molar refractivity (Wildman–Crippen MR) is 105 cm³/mol. The van der Waals surface area contributed by atoms with Crippen molar-refractivity contribution in [2.24, 2.45) is 7.05 Å². The van der Waals surface area contributed by atoms with Crippen LogP contribution in [0.4, 0.5) is 0 Å². The van der Waals surface area contributed by atoms with Crippen molar-refractivity contribution in [2.45, 2.75) is 30.9 Å². The predicted octanol–water partition coefficient (Wildman–Crippen LogP) is 5.32. The fourth-order valence-electron chi connectivity index (χ4n) is 2.41. The Bertz CT molecular complexity index is 831. The van der Waals surface area contributed by atoms with E-state index in [4.69, 9.17) is 4.74 Å². The molecule has 0 aliphatic heterocycles. The third kappa shape index (κ3) is 4.64. The van der Waals surface area contributed by atoms with Crippen molar-refractivity contribution in [3.8, 4) is 5.75 Å². The van der Waals surface area contributed by atoms with Crippen molar-refractivity contribution < 1.29 is 4.74 Å². The van der Waals surface area contributed by atoms with Crippen LogP contribution in [0.5, 0.6) is 5.75 Å². The van der Waals surface area contributed by atoms with Gasteiger partial charge in [-0.2, -0.15) is 0 Å². The highest BCUT2D eigenvalue weighted by Gasteiger charge is 2.17. The first kappa shape index (κ1) is 18.0. The summed E-state index contributed by atoms with van der Waals surface area (Å²) >= 11 is 5.11. The lowest BCUT2D eigenvalue weighted by Crippen LogP contribution is -2.10. The summed E-state index contributed by atoms with van der Waals surface area (Å²) in [6, 6.07) is 16.4. The van der Waals surface area contributed by atoms with Crippen LogP contribution in [-0.4, -0.2) is 14.8 Å². The quantitative estimate of drug-likeness (QED) is 0.508. The van der Waals surface area contributed by atoms with Gasteiger partial charge in [0.05, 0.1) is 0 Å². The minimum absolute atomic E-state index is 0.174. The number of hydrogen-bond donors (Lipinski definition) is 0. The summed E-state index contributed by atoms with van der Waals surface area (Å²) in [4.78, 5) is 0. The van der Waals surface area contributed by atoms with Gasteiger partial charge in [-0.3, -0.25) is 0 Å². The van der Waals surface area contributed by atoms with Crippen LogP contribution in [0.1, 0.15) is 30.0 Å². The third-order valence-corrected chi connectivity index (χ3v) is 5.47. The van der Waals surface area contributed by atoms with Gasteiger partial charge < -0.3 is 9.30 Å². The summed E-state index contributed by atoms with van der Waals surface area (Å²) in [5.41, 5.74) is 2.55. The number of benzene rings is 2. The Hall–Kier alpha value is -1.79. The summed E-state index contributed by atoms with van der Waals surface area (Å²) in [5, 5.41) is 9.52. The van der Waals surface area contributed by atoms with Crippen molar-refractivity contribution in [3.05, 3.63) is 70.0 Å². The summed E-state index contributed by atoms with van der Waals surface area (Å²) in [7, 11) is 1.98. The lowest BCUT2D eigenvalue weighted by molar-refractivity contribution is 0.211. The molecule has 0 saturated carbocycles. The van der Waals surface area contributed by atoms with E-state index in [0.717, 1.165) is 27.0 Å². The first-order valence-electron chi connectivity index (χ1n) is 8.03.